The van der Waals surface area contributed by atoms with E-state index in [1.807, 2.05) is 50.2 Å². The predicted molar refractivity (Wildman–Crippen MR) is 93.3 cm³/mol. The summed E-state index contributed by atoms with van der Waals surface area (Å²) in [4.78, 5) is 25.2. The lowest BCUT2D eigenvalue weighted by atomic mass is 10.0. The van der Waals surface area contributed by atoms with Crippen molar-refractivity contribution >= 4 is 23.2 Å². The average molecular weight is 324 g/mol. The highest BCUT2D eigenvalue weighted by Crippen LogP contribution is 2.35. The molecular formula is C19H20N2O3. The summed E-state index contributed by atoms with van der Waals surface area (Å²) in [5.41, 5.74) is 1.66. The molecule has 0 aliphatic carbocycles. The zero-order chi connectivity index (χ0) is 17.3. The van der Waals surface area contributed by atoms with Crippen molar-refractivity contribution < 1.29 is 14.3 Å². The fraction of sp³-hybridized carbons (Fsp3) is 0.263. The zero-order valence-corrected chi connectivity index (χ0v) is 14.0. The van der Waals surface area contributed by atoms with E-state index < -0.39 is 17.4 Å². The van der Waals surface area contributed by atoms with Gasteiger partial charge in [0.1, 0.15) is 5.75 Å². The molecular weight excluding hydrogens is 304 g/mol. The van der Waals surface area contributed by atoms with Crippen LogP contribution in [-0.4, -0.2) is 17.4 Å². The molecule has 5 heteroatoms. The minimum absolute atomic E-state index is 0.480. The molecule has 24 heavy (non-hydrogen) atoms. The number of hydrogen-bond acceptors (Lipinski definition) is 3. The van der Waals surface area contributed by atoms with Crippen LogP contribution in [-0.2, 0) is 16.0 Å². The van der Waals surface area contributed by atoms with Crippen molar-refractivity contribution in [3.05, 3.63) is 53.6 Å². The van der Waals surface area contributed by atoms with Crippen LogP contribution >= 0.6 is 0 Å². The van der Waals surface area contributed by atoms with Gasteiger partial charge in [-0.05, 0) is 49.6 Å². The Kier molecular flexibility index (Phi) is 4.01. The summed E-state index contributed by atoms with van der Waals surface area (Å²) in [5.74, 6) is -0.485. The second kappa shape index (κ2) is 6.00. The molecule has 0 radical (unpaired) electrons. The largest absolute Gasteiger partial charge is 0.466 e. The molecule has 2 aromatic rings. The minimum Gasteiger partial charge on any atom is -0.466 e. The van der Waals surface area contributed by atoms with Crippen molar-refractivity contribution in [3.8, 4) is 5.75 Å². The number of para-hydroxylation sites is 1. The molecule has 0 aromatic heterocycles. The average Bonchev–Trinajstić information content (AvgIpc) is 2.56. The van der Waals surface area contributed by atoms with Crippen LogP contribution < -0.4 is 15.4 Å². The molecule has 0 spiro atoms. The van der Waals surface area contributed by atoms with Gasteiger partial charge in [-0.1, -0.05) is 31.2 Å². The summed E-state index contributed by atoms with van der Waals surface area (Å²) in [6, 6.07) is 13.0. The summed E-state index contributed by atoms with van der Waals surface area (Å²) in [6.07, 6.45) is 0.780. The van der Waals surface area contributed by atoms with Crippen molar-refractivity contribution in [1.29, 1.82) is 0 Å². The van der Waals surface area contributed by atoms with Gasteiger partial charge in [-0.15, -0.1) is 0 Å². The molecule has 2 aromatic carbocycles. The molecule has 2 amide bonds. The number of aryl methyl sites for hydroxylation is 2. The summed E-state index contributed by atoms with van der Waals surface area (Å²) < 4.78 is 5.77. The van der Waals surface area contributed by atoms with Crippen molar-refractivity contribution in [2.75, 3.05) is 10.6 Å². The number of carbonyl (C=O) groups excluding carboxylic acids is 2. The summed E-state index contributed by atoms with van der Waals surface area (Å²) in [6.45, 7) is 5.42. The van der Waals surface area contributed by atoms with E-state index in [1.54, 1.807) is 6.07 Å². The van der Waals surface area contributed by atoms with Gasteiger partial charge in [0.15, 0.2) is 0 Å². The molecule has 0 saturated heterocycles. The minimum atomic E-state index is -1.62. The number of anilines is 2. The Bertz CT molecular complexity index is 816. The quantitative estimate of drug-likeness (QED) is 0.851. The van der Waals surface area contributed by atoms with E-state index in [2.05, 4.69) is 10.6 Å². The topological polar surface area (TPSA) is 67.4 Å². The van der Waals surface area contributed by atoms with Crippen LogP contribution in [0.25, 0.3) is 0 Å². The van der Waals surface area contributed by atoms with E-state index in [0.29, 0.717) is 17.1 Å². The zero-order valence-electron chi connectivity index (χ0n) is 14.0. The van der Waals surface area contributed by atoms with Crippen molar-refractivity contribution in [2.24, 2.45) is 0 Å². The highest BCUT2D eigenvalue weighted by molar-refractivity contribution is 6.19. The smallest absolute Gasteiger partial charge is 0.278 e. The van der Waals surface area contributed by atoms with E-state index in [-0.39, 0.29) is 0 Å². The summed E-state index contributed by atoms with van der Waals surface area (Å²) in [7, 11) is 0. The molecule has 0 bridgehead atoms. The molecule has 0 fully saturated rings. The maximum Gasteiger partial charge on any atom is 0.278 e. The summed E-state index contributed by atoms with van der Waals surface area (Å²) >= 11 is 0. The van der Waals surface area contributed by atoms with E-state index in [9.17, 15) is 9.59 Å². The molecule has 124 valence electrons. The number of hydrogen-bond donors (Lipinski definition) is 2. The SMILES string of the molecule is CCc1ccccc1NC(=O)C1(C)Oc2ccc(C)cc2NC1=O. The van der Waals surface area contributed by atoms with Crippen molar-refractivity contribution in [2.45, 2.75) is 32.8 Å². The van der Waals surface area contributed by atoms with Gasteiger partial charge in [-0.2, -0.15) is 0 Å². The van der Waals surface area contributed by atoms with E-state index >= 15 is 0 Å². The fourth-order valence-corrected chi connectivity index (χ4v) is 2.68. The highest BCUT2D eigenvalue weighted by Gasteiger charge is 2.47. The third kappa shape index (κ3) is 2.73. The van der Waals surface area contributed by atoms with Crippen LogP contribution in [0.2, 0.25) is 0 Å². The van der Waals surface area contributed by atoms with Gasteiger partial charge in [-0.3, -0.25) is 9.59 Å². The van der Waals surface area contributed by atoms with Gasteiger partial charge in [0, 0.05) is 5.69 Å². The van der Waals surface area contributed by atoms with Gasteiger partial charge in [0.2, 0.25) is 0 Å². The van der Waals surface area contributed by atoms with Gasteiger partial charge in [0.05, 0.1) is 5.69 Å². The lowest BCUT2D eigenvalue weighted by molar-refractivity contribution is -0.143. The Hall–Kier alpha value is -2.82. The third-order valence-electron chi connectivity index (χ3n) is 4.21. The number of amides is 2. The molecule has 1 heterocycles. The number of rotatable bonds is 3. The van der Waals surface area contributed by atoms with Crippen LogP contribution in [0.4, 0.5) is 11.4 Å². The van der Waals surface area contributed by atoms with Crippen molar-refractivity contribution in [3.63, 3.8) is 0 Å². The number of benzene rings is 2. The van der Waals surface area contributed by atoms with Crippen LogP contribution in [0.15, 0.2) is 42.5 Å². The number of nitrogens with one attached hydrogen (secondary N) is 2. The normalized spacial score (nSPS) is 19.0. The van der Waals surface area contributed by atoms with Crippen LogP contribution in [0.5, 0.6) is 5.75 Å². The molecule has 1 unspecified atom stereocenters. The summed E-state index contributed by atoms with van der Waals surface area (Å²) in [5, 5.41) is 5.58. The third-order valence-corrected chi connectivity index (χ3v) is 4.21. The van der Waals surface area contributed by atoms with Gasteiger partial charge >= 0.3 is 0 Å². The first kappa shape index (κ1) is 16.1. The molecule has 1 aliphatic rings. The lowest BCUT2D eigenvalue weighted by Gasteiger charge is -2.33. The Morgan fingerprint density at radius 2 is 2.00 bits per heavy atom. The van der Waals surface area contributed by atoms with E-state index in [4.69, 9.17) is 4.74 Å². The number of ether oxygens (including phenoxy) is 1. The Morgan fingerprint density at radius 3 is 2.75 bits per heavy atom. The number of fused-ring (bicyclic) bond motifs is 1. The van der Waals surface area contributed by atoms with Crippen LogP contribution in [0, 0.1) is 6.92 Å². The Balaban J connectivity index is 1.89. The molecule has 2 N–H and O–H groups in total. The van der Waals surface area contributed by atoms with Gasteiger partial charge in [0.25, 0.3) is 17.4 Å². The Labute approximate surface area is 141 Å². The molecule has 0 saturated carbocycles. The monoisotopic (exact) mass is 324 g/mol. The maximum absolute atomic E-state index is 12.7. The Morgan fingerprint density at radius 1 is 1.25 bits per heavy atom. The number of carbonyl (C=O) groups is 2. The highest BCUT2D eigenvalue weighted by atomic mass is 16.5. The van der Waals surface area contributed by atoms with Gasteiger partial charge < -0.3 is 15.4 Å². The second-order valence-corrected chi connectivity index (χ2v) is 6.05. The fourth-order valence-electron chi connectivity index (χ4n) is 2.68. The van der Waals surface area contributed by atoms with Crippen LogP contribution in [0.1, 0.15) is 25.0 Å². The van der Waals surface area contributed by atoms with E-state index in [1.165, 1.54) is 6.92 Å². The first-order chi connectivity index (χ1) is 11.4. The maximum atomic E-state index is 12.7. The standard InChI is InChI=1S/C19H20N2O3/c1-4-13-7-5-6-8-14(13)20-17(22)19(3)18(23)21-15-11-12(2)9-10-16(15)24-19/h5-11H,4H2,1-3H3,(H,20,22)(H,21,23). The molecule has 1 aliphatic heterocycles. The molecule has 3 rings (SSSR count). The molecule has 5 nitrogen and oxygen atoms in total. The van der Waals surface area contributed by atoms with Crippen molar-refractivity contribution in [1.82, 2.24) is 0 Å². The predicted octanol–water partition coefficient (Wildman–Crippen LogP) is 3.29. The van der Waals surface area contributed by atoms with E-state index in [0.717, 1.165) is 17.5 Å². The first-order valence-electron chi connectivity index (χ1n) is 7.94. The second-order valence-electron chi connectivity index (χ2n) is 6.05. The lowest BCUT2D eigenvalue weighted by Crippen LogP contribution is -2.56. The first-order valence-corrected chi connectivity index (χ1v) is 7.94. The van der Waals surface area contributed by atoms with Gasteiger partial charge in [-0.25, -0.2) is 0 Å². The van der Waals surface area contributed by atoms with Crippen LogP contribution in [0.3, 0.4) is 0 Å². The molecule has 1 atom stereocenters.